The van der Waals surface area contributed by atoms with Crippen LogP contribution in [-0.4, -0.2) is 34.8 Å². The van der Waals surface area contributed by atoms with Crippen LogP contribution in [0.3, 0.4) is 0 Å². The van der Waals surface area contributed by atoms with Crippen molar-refractivity contribution in [3.8, 4) is 0 Å². The zero-order valence-corrected chi connectivity index (χ0v) is 13.8. The van der Waals surface area contributed by atoms with Gasteiger partial charge in [0.25, 0.3) is 5.91 Å². The molecule has 0 radical (unpaired) electrons. The van der Waals surface area contributed by atoms with Crippen LogP contribution in [0.25, 0.3) is 0 Å². The number of nitrogens with zero attached hydrogens (tertiary/aromatic N) is 2. The summed E-state index contributed by atoms with van der Waals surface area (Å²) >= 11 is 1.59. The molecule has 2 rings (SSSR count). The predicted octanol–water partition coefficient (Wildman–Crippen LogP) is 2.97. The smallest absolute Gasteiger partial charge is 0.253 e. The minimum absolute atomic E-state index is 0.0567. The molecule has 0 aliphatic carbocycles. The Morgan fingerprint density at radius 2 is 2.26 bits per heavy atom. The van der Waals surface area contributed by atoms with E-state index in [2.05, 4.69) is 16.9 Å². The van der Waals surface area contributed by atoms with Gasteiger partial charge in [0, 0.05) is 42.3 Å². The number of hydrogen-bond donors (Lipinski definition) is 1. The fraction of sp³-hybridized carbons (Fsp3) is 0.235. The Morgan fingerprint density at radius 1 is 1.43 bits per heavy atom. The summed E-state index contributed by atoms with van der Waals surface area (Å²) in [6.45, 7) is 6.60. The monoisotopic (exact) mass is 329 g/mol. The van der Waals surface area contributed by atoms with Gasteiger partial charge in [0.15, 0.2) is 0 Å². The summed E-state index contributed by atoms with van der Waals surface area (Å²) in [4.78, 5) is 30.0. The Hall–Kier alpha value is -2.47. The lowest BCUT2D eigenvalue weighted by Crippen LogP contribution is -2.32. The van der Waals surface area contributed by atoms with E-state index in [1.54, 1.807) is 46.7 Å². The topological polar surface area (TPSA) is 62.3 Å². The molecule has 2 amide bonds. The van der Waals surface area contributed by atoms with Crippen molar-refractivity contribution in [1.82, 2.24) is 9.88 Å². The van der Waals surface area contributed by atoms with Crippen LogP contribution in [0.5, 0.6) is 0 Å². The first-order chi connectivity index (χ1) is 11.1. The van der Waals surface area contributed by atoms with Crippen LogP contribution >= 0.6 is 11.3 Å². The molecule has 1 N–H and O–H groups in total. The number of rotatable bonds is 7. The number of amides is 2. The van der Waals surface area contributed by atoms with Crippen molar-refractivity contribution in [2.75, 3.05) is 18.4 Å². The van der Waals surface area contributed by atoms with Gasteiger partial charge in [-0.1, -0.05) is 12.6 Å². The van der Waals surface area contributed by atoms with E-state index in [0.29, 0.717) is 24.3 Å². The van der Waals surface area contributed by atoms with E-state index in [4.69, 9.17) is 0 Å². The molecule has 0 unspecified atom stereocenters. The Balaban J connectivity index is 2.06. The maximum absolute atomic E-state index is 12.6. The Morgan fingerprint density at radius 3 is 2.91 bits per heavy atom. The van der Waals surface area contributed by atoms with Gasteiger partial charge < -0.3 is 10.2 Å². The third kappa shape index (κ3) is 4.75. The molecular formula is C17H19N3O2S. The average Bonchev–Trinajstić information content (AvgIpc) is 3.08. The zero-order valence-electron chi connectivity index (χ0n) is 13.0. The molecule has 0 atom stereocenters. The van der Waals surface area contributed by atoms with E-state index in [0.717, 1.165) is 11.4 Å². The van der Waals surface area contributed by atoms with Gasteiger partial charge in [0.2, 0.25) is 5.91 Å². The number of nitrogens with one attached hydrogen (secondary N) is 1. The number of likely N-dealkylation sites (N-methyl/N-ethyl adjacent to an activating group) is 1. The van der Waals surface area contributed by atoms with Gasteiger partial charge in [-0.25, -0.2) is 4.98 Å². The summed E-state index contributed by atoms with van der Waals surface area (Å²) < 4.78 is 0. The van der Waals surface area contributed by atoms with Crippen LogP contribution in [0.4, 0.5) is 5.69 Å². The van der Waals surface area contributed by atoms with Gasteiger partial charge in [-0.15, -0.1) is 11.3 Å². The highest BCUT2D eigenvalue weighted by Crippen LogP contribution is 2.14. The van der Waals surface area contributed by atoms with Crippen molar-refractivity contribution in [3.63, 3.8) is 0 Å². The Labute approximate surface area is 139 Å². The molecule has 0 spiro atoms. The summed E-state index contributed by atoms with van der Waals surface area (Å²) in [6.07, 6.45) is 3.70. The second kappa shape index (κ2) is 8.24. The number of anilines is 1. The number of carbonyl (C=O) groups excluding carboxylic acids is 2. The highest BCUT2D eigenvalue weighted by Gasteiger charge is 2.15. The van der Waals surface area contributed by atoms with Crippen molar-refractivity contribution >= 4 is 28.8 Å². The number of benzene rings is 1. The molecule has 2 aromatic rings. The van der Waals surface area contributed by atoms with Crippen LogP contribution in [0, 0.1) is 0 Å². The summed E-state index contributed by atoms with van der Waals surface area (Å²) in [5.74, 6) is -0.357. The summed E-state index contributed by atoms with van der Waals surface area (Å²) in [5, 5.41) is 5.61. The van der Waals surface area contributed by atoms with E-state index in [1.807, 2.05) is 12.3 Å². The summed E-state index contributed by atoms with van der Waals surface area (Å²) in [6, 6.07) is 6.92. The van der Waals surface area contributed by atoms with Crippen LogP contribution in [0.2, 0.25) is 0 Å². The average molecular weight is 329 g/mol. The highest BCUT2D eigenvalue weighted by molar-refractivity contribution is 7.09. The van der Waals surface area contributed by atoms with E-state index < -0.39 is 0 Å². The molecule has 0 aliphatic heterocycles. The molecule has 0 bridgehead atoms. The van der Waals surface area contributed by atoms with Crippen molar-refractivity contribution in [2.45, 2.75) is 13.3 Å². The molecule has 6 heteroatoms. The molecule has 1 aromatic carbocycles. The lowest BCUT2D eigenvalue weighted by Gasteiger charge is -2.20. The molecule has 0 aliphatic rings. The quantitative estimate of drug-likeness (QED) is 0.794. The maximum atomic E-state index is 12.6. The second-order valence-electron chi connectivity index (χ2n) is 4.83. The van der Waals surface area contributed by atoms with Gasteiger partial charge in [0.1, 0.15) is 0 Å². The maximum Gasteiger partial charge on any atom is 0.253 e. The van der Waals surface area contributed by atoms with Crippen LogP contribution in [-0.2, 0) is 11.2 Å². The first-order valence-electron chi connectivity index (χ1n) is 7.35. The van der Waals surface area contributed by atoms with Crippen molar-refractivity contribution in [3.05, 3.63) is 59.1 Å². The highest BCUT2D eigenvalue weighted by atomic mass is 32.1. The molecule has 0 saturated heterocycles. The summed E-state index contributed by atoms with van der Waals surface area (Å²) in [5.41, 5.74) is 1.13. The van der Waals surface area contributed by atoms with Gasteiger partial charge in [0.05, 0.1) is 5.01 Å². The second-order valence-corrected chi connectivity index (χ2v) is 5.81. The third-order valence-corrected chi connectivity index (χ3v) is 4.15. The third-order valence-electron chi connectivity index (χ3n) is 3.31. The van der Waals surface area contributed by atoms with Crippen LogP contribution in [0.15, 0.2) is 48.5 Å². The normalized spacial score (nSPS) is 10.1. The molecule has 1 aromatic heterocycles. The molecule has 5 nitrogen and oxygen atoms in total. The molecule has 0 fully saturated rings. The zero-order chi connectivity index (χ0) is 16.7. The number of aromatic nitrogens is 1. The first kappa shape index (κ1) is 16.9. The molecule has 0 saturated carbocycles. The van der Waals surface area contributed by atoms with E-state index >= 15 is 0 Å². The minimum Gasteiger partial charge on any atom is -0.339 e. The molecule has 1 heterocycles. The number of thiazole rings is 1. The van der Waals surface area contributed by atoms with Crippen molar-refractivity contribution in [1.29, 1.82) is 0 Å². The number of hydrogen-bond acceptors (Lipinski definition) is 4. The lowest BCUT2D eigenvalue weighted by atomic mass is 10.1. The lowest BCUT2D eigenvalue weighted by molar-refractivity contribution is -0.111. The van der Waals surface area contributed by atoms with Crippen molar-refractivity contribution in [2.24, 2.45) is 0 Å². The van der Waals surface area contributed by atoms with Gasteiger partial charge in [-0.05, 0) is 31.2 Å². The largest absolute Gasteiger partial charge is 0.339 e. The van der Waals surface area contributed by atoms with E-state index in [1.165, 1.54) is 6.08 Å². The Kier molecular flexibility index (Phi) is 6.05. The van der Waals surface area contributed by atoms with Gasteiger partial charge in [-0.3, -0.25) is 9.59 Å². The fourth-order valence-corrected chi connectivity index (χ4v) is 2.73. The van der Waals surface area contributed by atoms with E-state index in [9.17, 15) is 9.59 Å². The van der Waals surface area contributed by atoms with Gasteiger partial charge in [-0.2, -0.15) is 0 Å². The first-order valence-corrected chi connectivity index (χ1v) is 8.23. The summed E-state index contributed by atoms with van der Waals surface area (Å²) in [7, 11) is 0. The van der Waals surface area contributed by atoms with E-state index in [-0.39, 0.29) is 11.8 Å². The molecule has 23 heavy (non-hydrogen) atoms. The van der Waals surface area contributed by atoms with Crippen LogP contribution < -0.4 is 5.32 Å². The van der Waals surface area contributed by atoms with Gasteiger partial charge >= 0.3 is 0 Å². The fourth-order valence-electron chi connectivity index (χ4n) is 2.12. The molecule has 120 valence electrons. The molecular weight excluding hydrogens is 310 g/mol. The standard InChI is InChI=1S/C17H19N3O2S/c1-3-15(21)19-14-7-5-6-13(12-14)17(22)20(4-2)10-8-16-18-9-11-23-16/h3,5-7,9,11-12H,1,4,8,10H2,2H3,(H,19,21). The SMILES string of the molecule is C=CC(=O)Nc1cccc(C(=O)N(CC)CCc2nccs2)c1. The van der Waals surface area contributed by atoms with Crippen LogP contribution in [0.1, 0.15) is 22.3 Å². The Bertz CT molecular complexity index is 683. The number of carbonyl (C=O) groups is 2. The minimum atomic E-state index is -0.300. The predicted molar refractivity (Wildman–Crippen MR) is 92.7 cm³/mol. The van der Waals surface area contributed by atoms with Crippen molar-refractivity contribution < 1.29 is 9.59 Å².